The van der Waals surface area contributed by atoms with E-state index in [1.54, 1.807) is 36.4 Å². The third-order valence-corrected chi connectivity index (χ3v) is 7.92. The Morgan fingerprint density at radius 1 is 0.927 bits per heavy atom. The summed E-state index contributed by atoms with van der Waals surface area (Å²) in [6.07, 6.45) is 1.21. The highest BCUT2D eigenvalue weighted by atomic mass is 35.5. The summed E-state index contributed by atoms with van der Waals surface area (Å²) in [7, 11) is -2.39. The van der Waals surface area contributed by atoms with Gasteiger partial charge in [-0.3, -0.25) is 9.59 Å². The predicted octanol–water partition coefficient (Wildman–Crippen LogP) is 4.73. The van der Waals surface area contributed by atoms with Crippen molar-refractivity contribution >= 4 is 45.3 Å². The molecule has 0 bridgehead atoms. The molecular weight excluding hydrogens is 568 g/mol. The lowest BCUT2D eigenvalue weighted by molar-refractivity contribution is -0.136. The zero-order valence-corrected chi connectivity index (χ0v) is 23.8. The summed E-state index contributed by atoms with van der Waals surface area (Å²) in [5, 5.41) is 6.63. The number of nitrogens with one attached hydrogen (secondary N) is 2. The number of methoxy groups -OCH3 is 1. The van der Waals surface area contributed by atoms with Crippen LogP contribution >= 0.6 is 11.6 Å². The number of rotatable bonds is 10. The van der Waals surface area contributed by atoms with E-state index in [4.69, 9.17) is 20.8 Å². The topological polar surface area (TPSA) is 130 Å². The molecule has 0 aliphatic heterocycles. The molecule has 2 amide bonds. The maximum atomic E-state index is 13.5. The number of nitrogens with zero attached hydrogens (tertiary/aromatic N) is 2. The van der Waals surface area contributed by atoms with Crippen molar-refractivity contribution in [2.24, 2.45) is 5.10 Å². The van der Waals surface area contributed by atoms with Crippen LogP contribution in [0.15, 0.2) is 99.3 Å². The van der Waals surface area contributed by atoms with Crippen molar-refractivity contribution in [3.63, 3.8) is 0 Å². The molecule has 4 aromatic rings. The van der Waals surface area contributed by atoms with Gasteiger partial charge in [-0.2, -0.15) is 9.41 Å². The van der Waals surface area contributed by atoms with Crippen molar-refractivity contribution in [1.29, 1.82) is 0 Å². The maximum absolute atomic E-state index is 13.5. The van der Waals surface area contributed by atoms with Crippen molar-refractivity contribution in [2.45, 2.75) is 24.9 Å². The molecule has 0 saturated carbocycles. The van der Waals surface area contributed by atoms with Gasteiger partial charge in [0.25, 0.3) is 0 Å². The largest absolute Gasteiger partial charge is 0.497 e. The summed E-state index contributed by atoms with van der Waals surface area (Å²) >= 11 is 5.96. The number of hydrogen-bond donors (Lipinski definition) is 2. The lowest BCUT2D eigenvalue weighted by Crippen LogP contribution is -2.32. The van der Waals surface area contributed by atoms with Gasteiger partial charge in [-0.1, -0.05) is 41.4 Å². The van der Waals surface area contributed by atoms with Crippen LogP contribution in [-0.4, -0.2) is 37.9 Å². The highest BCUT2D eigenvalue weighted by molar-refractivity contribution is 7.89. The number of amides is 2. The molecule has 10 nitrogen and oxygen atoms in total. The molecule has 2 N–H and O–H groups in total. The molecule has 41 heavy (non-hydrogen) atoms. The van der Waals surface area contributed by atoms with Gasteiger partial charge in [-0.05, 0) is 73.2 Å². The maximum Gasteiger partial charge on any atom is 0.329 e. The average Bonchev–Trinajstić information content (AvgIpc) is 3.41. The second-order valence-electron chi connectivity index (χ2n) is 8.90. The van der Waals surface area contributed by atoms with Crippen molar-refractivity contribution in [2.75, 3.05) is 12.4 Å². The van der Waals surface area contributed by atoms with Crippen molar-refractivity contribution in [3.05, 3.63) is 113 Å². The van der Waals surface area contributed by atoms with Crippen LogP contribution in [0.5, 0.6) is 5.75 Å². The standard InChI is InChI=1S/C29H27ClN4O6S/c1-20-3-5-21(6-4-20)18-34(41(37,38)27-15-7-22(30)8-16-27)19-26-14-13-25(40-26)17-31-33-29(36)28(35)32-23-9-11-24(39-2)12-10-23/h3-17H,18-19H2,1-2H3,(H,32,35)(H,33,36)/b31-17+. The van der Waals surface area contributed by atoms with Crippen LogP contribution in [0.3, 0.4) is 0 Å². The van der Waals surface area contributed by atoms with E-state index in [0.29, 0.717) is 22.2 Å². The molecule has 0 aliphatic carbocycles. The van der Waals surface area contributed by atoms with Gasteiger partial charge in [-0.15, -0.1) is 0 Å². The Hall–Kier alpha value is -4.45. The van der Waals surface area contributed by atoms with Gasteiger partial charge in [0.15, 0.2) is 0 Å². The molecule has 0 spiro atoms. The number of benzene rings is 3. The molecule has 1 aromatic heterocycles. The number of hydrogen-bond acceptors (Lipinski definition) is 7. The van der Waals surface area contributed by atoms with Crippen LogP contribution in [0.1, 0.15) is 22.6 Å². The number of sulfonamides is 1. The first kappa shape index (κ1) is 29.5. The van der Waals surface area contributed by atoms with Gasteiger partial charge in [0.2, 0.25) is 10.0 Å². The highest BCUT2D eigenvalue weighted by Crippen LogP contribution is 2.23. The molecule has 0 unspecified atom stereocenters. The van der Waals surface area contributed by atoms with Gasteiger partial charge in [0.05, 0.1) is 24.8 Å². The van der Waals surface area contributed by atoms with Crippen LogP contribution < -0.4 is 15.5 Å². The van der Waals surface area contributed by atoms with Gasteiger partial charge in [0, 0.05) is 17.3 Å². The number of carbonyl (C=O) groups is 2. The number of anilines is 1. The minimum atomic E-state index is -3.91. The molecule has 3 aromatic carbocycles. The van der Waals surface area contributed by atoms with Gasteiger partial charge < -0.3 is 14.5 Å². The van der Waals surface area contributed by atoms with Gasteiger partial charge in [0.1, 0.15) is 17.3 Å². The summed E-state index contributed by atoms with van der Waals surface area (Å²) in [5.74, 6) is -0.695. The molecule has 1 heterocycles. The summed E-state index contributed by atoms with van der Waals surface area (Å²) < 4.78 is 39.1. The number of aryl methyl sites for hydroxylation is 1. The molecule has 0 fully saturated rings. The first-order chi connectivity index (χ1) is 19.6. The summed E-state index contributed by atoms with van der Waals surface area (Å²) in [5.41, 5.74) is 4.40. The smallest absolute Gasteiger partial charge is 0.329 e. The predicted molar refractivity (Wildman–Crippen MR) is 155 cm³/mol. The Morgan fingerprint density at radius 3 is 2.27 bits per heavy atom. The van der Waals surface area contributed by atoms with E-state index >= 15 is 0 Å². The third kappa shape index (κ3) is 8.04. The van der Waals surface area contributed by atoms with E-state index in [2.05, 4.69) is 15.8 Å². The highest BCUT2D eigenvalue weighted by Gasteiger charge is 2.26. The van der Waals surface area contributed by atoms with E-state index in [1.807, 2.05) is 31.2 Å². The minimum absolute atomic E-state index is 0.0662. The number of carbonyl (C=O) groups excluding carboxylic acids is 2. The monoisotopic (exact) mass is 594 g/mol. The molecule has 4 rings (SSSR count). The van der Waals surface area contributed by atoms with Crippen molar-refractivity contribution in [3.8, 4) is 5.75 Å². The molecular formula is C29H27ClN4O6S. The number of halogens is 1. The zero-order valence-electron chi connectivity index (χ0n) is 22.2. The fourth-order valence-electron chi connectivity index (χ4n) is 3.67. The van der Waals surface area contributed by atoms with E-state index < -0.39 is 21.8 Å². The van der Waals surface area contributed by atoms with E-state index in [1.165, 1.54) is 41.9 Å². The fraction of sp³-hybridized carbons (Fsp3) is 0.138. The van der Waals surface area contributed by atoms with Crippen LogP contribution in [-0.2, 0) is 32.7 Å². The number of hydrazone groups is 1. The van der Waals surface area contributed by atoms with Crippen LogP contribution in [0.4, 0.5) is 5.69 Å². The van der Waals surface area contributed by atoms with Crippen LogP contribution in [0.25, 0.3) is 0 Å². The zero-order chi connectivity index (χ0) is 29.4. The van der Waals surface area contributed by atoms with Crippen molar-refractivity contribution in [1.82, 2.24) is 9.73 Å². The van der Waals surface area contributed by atoms with Crippen LogP contribution in [0, 0.1) is 6.92 Å². The first-order valence-corrected chi connectivity index (χ1v) is 14.1. The normalized spacial score (nSPS) is 11.5. The molecule has 0 atom stereocenters. The summed E-state index contributed by atoms with van der Waals surface area (Å²) in [6, 6.07) is 23.1. The Kier molecular flexibility index (Phi) is 9.56. The summed E-state index contributed by atoms with van der Waals surface area (Å²) in [6.45, 7) is 1.99. The average molecular weight is 595 g/mol. The van der Waals surface area contributed by atoms with Crippen LogP contribution in [0.2, 0.25) is 5.02 Å². The second-order valence-corrected chi connectivity index (χ2v) is 11.3. The van der Waals surface area contributed by atoms with E-state index in [0.717, 1.165) is 11.1 Å². The third-order valence-electron chi connectivity index (χ3n) is 5.86. The SMILES string of the molecule is COc1ccc(NC(=O)C(=O)N/N=C/c2ccc(CN(Cc3ccc(C)cc3)S(=O)(=O)c3ccc(Cl)cc3)o2)cc1. The molecule has 12 heteroatoms. The van der Waals surface area contributed by atoms with E-state index in [9.17, 15) is 18.0 Å². The number of ether oxygens (including phenoxy) is 1. The lowest BCUT2D eigenvalue weighted by Gasteiger charge is -2.21. The fourth-order valence-corrected chi connectivity index (χ4v) is 5.19. The first-order valence-electron chi connectivity index (χ1n) is 12.3. The van der Waals surface area contributed by atoms with Crippen molar-refractivity contribution < 1.29 is 27.2 Å². The Balaban J connectivity index is 1.42. The van der Waals surface area contributed by atoms with E-state index in [-0.39, 0.29) is 23.7 Å². The molecule has 0 aliphatic rings. The minimum Gasteiger partial charge on any atom is -0.497 e. The lowest BCUT2D eigenvalue weighted by atomic mass is 10.1. The number of furan rings is 1. The Labute approximate surface area is 242 Å². The Bertz CT molecular complexity index is 1630. The van der Waals surface area contributed by atoms with Gasteiger partial charge >= 0.3 is 11.8 Å². The molecule has 0 saturated heterocycles. The Morgan fingerprint density at radius 2 is 1.61 bits per heavy atom. The second kappa shape index (κ2) is 13.3. The quantitative estimate of drug-likeness (QED) is 0.155. The molecule has 0 radical (unpaired) electrons. The van der Waals surface area contributed by atoms with Gasteiger partial charge in [-0.25, -0.2) is 13.8 Å². The molecule has 212 valence electrons. The summed E-state index contributed by atoms with van der Waals surface area (Å²) in [4.78, 5) is 24.3.